The van der Waals surface area contributed by atoms with E-state index in [4.69, 9.17) is 0 Å². The van der Waals surface area contributed by atoms with Gasteiger partial charge in [-0.3, -0.25) is 4.79 Å². The predicted octanol–water partition coefficient (Wildman–Crippen LogP) is 1.03. The van der Waals surface area contributed by atoms with Crippen LogP contribution in [0, 0.1) is 6.92 Å². The molecule has 0 aliphatic heterocycles. The first kappa shape index (κ1) is 12.6. The van der Waals surface area contributed by atoms with Crippen LogP contribution in [-0.4, -0.2) is 21.2 Å². The lowest BCUT2D eigenvalue weighted by atomic mass is 10.2. The summed E-state index contributed by atoms with van der Waals surface area (Å²) in [6.07, 6.45) is 3.29. The molecule has 1 aromatic rings. The molecule has 0 aliphatic rings. The summed E-state index contributed by atoms with van der Waals surface area (Å²) < 4.78 is 25.7. The van der Waals surface area contributed by atoms with Crippen LogP contribution in [0.4, 0.5) is 0 Å². The van der Waals surface area contributed by atoms with E-state index < -0.39 is 10.0 Å². The molecule has 0 fully saturated rings. The van der Waals surface area contributed by atoms with E-state index in [9.17, 15) is 13.2 Å². The number of aryl methyl sites for hydroxylation is 1. The standard InChI is InChI=1S/C11H13NO3S/c1-10-4-6-11(7-5-10)16(14,15)12-8-2-3-9-13/h2-7,9,12H,8H2,1H3/b3-2+. The number of hydrogen-bond acceptors (Lipinski definition) is 3. The molecule has 0 saturated heterocycles. The number of rotatable bonds is 5. The molecule has 0 heterocycles. The molecule has 1 N–H and O–H groups in total. The highest BCUT2D eigenvalue weighted by molar-refractivity contribution is 7.89. The van der Waals surface area contributed by atoms with E-state index in [1.165, 1.54) is 12.2 Å². The fourth-order valence-electron chi connectivity index (χ4n) is 1.08. The number of sulfonamides is 1. The summed E-state index contributed by atoms with van der Waals surface area (Å²) in [5.41, 5.74) is 1.000. The summed E-state index contributed by atoms with van der Waals surface area (Å²) in [6, 6.07) is 6.55. The Balaban J connectivity index is 2.74. The van der Waals surface area contributed by atoms with Crippen LogP contribution in [0.25, 0.3) is 0 Å². The number of aldehydes is 1. The molecule has 86 valence electrons. The molecule has 0 bridgehead atoms. The van der Waals surface area contributed by atoms with Crippen LogP contribution >= 0.6 is 0 Å². The van der Waals surface area contributed by atoms with Gasteiger partial charge in [-0.1, -0.05) is 23.8 Å². The van der Waals surface area contributed by atoms with Gasteiger partial charge in [0.25, 0.3) is 0 Å². The number of allylic oxidation sites excluding steroid dienone is 1. The first-order valence-corrected chi connectivity index (χ1v) is 6.21. The van der Waals surface area contributed by atoms with Gasteiger partial charge < -0.3 is 0 Å². The molecule has 5 heteroatoms. The van der Waals surface area contributed by atoms with Gasteiger partial charge in [0.2, 0.25) is 10.0 Å². The van der Waals surface area contributed by atoms with Crippen molar-refractivity contribution in [3.8, 4) is 0 Å². The van der Waals surface area contributed by atoms with Gasteiger partial charge in [0, 0.05) is 6.54 Å². The highest BCUT2D eigenvalue weighted by Crippen LogP contribution is 2.09. The second-order valence-corrected chi connectivity index (χ2v) is 5.00. The third kappa shape index (κ3) is 3.60. The van der Waals surface area contributed by atoms with Gasteiger partial charge in [0.15, 0.2) is 0 Å². The molecule has 1 aromatic carbocycles. The minimum absolute atomic E-state index is 0.106. The highest BCUT2D eigenvalue weighted by atomic mass is 32.2. The molecule has 1 rings (SSSR count). The summed E-state index contributed by atoms with van der Waals surface area (Å²) in [6.45, 7) is 1.99. The van der Waals surface area contributed by atoms with Crippen molar-refractivity contribution in [2.75, 3.05) is 6.54 Å². The van der Waals surface area contributed by atoms with Gasteiger partial charge in [-0.25, -0.2) is 13.1 Å². The molecule has 0 spiro atoms. The monoisotopic (exact) mass is 239 g/mol. The molecule has 0 atom stereocenters. The second-order valence-electron chi connectivity index (χ2n) is 3.23. The Labute approximate surface area is 95.0 Å². The summed E-state index contributed by atoms with van der Waals surface area (Å²) in [4.78, 5) is 10.2. The van der Waals surface area contributed by atoms with Crippen molar-refractivity contribution in [3.63, 3.8) is 0 Å². The summed E-state index contributed by atoms with van der Waals surface area (Å²) in [5.74, 6) is 0. The van der Waals surface area contributed by atoms with Crippen molar-refractivity contribution in [2.24, 2.45) is 0 Å². The molecular weight excluding hydrogens is 226 g/mol. The number of carbonyl (C=O) groups is 1. The largest absolute Gasteiger partial charge is 0.299 e. The van der Waals surface area contributed by atoms with E-state index in [1.807, 2.05) is 6.92 Å². The maximum absolute atomic E-state index is 11.7. The van der Waals surface area contributed by atoms with Crippen LogP contribution in [0.2, 0.25) is 0 Å². The molecule has 0 radical (unpaired) electrons. The lowest BCUT2D eigenvalue weighted by Crippen LogP contribution is -2.23. The Hall–Kier alpha value is -1.46. The van der Waals surface area contributed by atoms with Crippen LogP contribution in [0.3, 0.4) is 0 Å². The summed E-state index contributed by atoms with van der Waals surface area (Å²) >= 11 is 0. The Bertz CT molecular complexity index is 474. The summed E-state index contributed by atoms with van der Waals surface area (Å²) in [5, 5.41) is 0. The van der Waals surface area contributed by atoms with E-state index in [-0.39, 0.29) is 11.4 Å². The average Bonchev–Trinajstić information content (AvgIpc) is 2.25. The van der Waals surface area contributed by atoms with Crippen molar-refractivity contribution < 1.29 is 13.2 Å². The van der Waals surface area contributed by atoms with Gasteiger partial charge in [-0.2, -0.15) is 0 Å². The third-order valence-corrected chi connectivity index (χ3v) is 3.38. The van der Waals surface area contributed by atoms with E-state index in [0.717, 1.165) is 5.56 Å². The van der Waals surface area contributed by atoms with Crippen LogP contribution in [0.15, 0.2) is 41.3 Å². The van der Waals surface area contributed by atoms with Crippen molar-refractivity contribution in [1.82, 2.24) is 4.72 Å². The maximum atomic E-state index is 11.7. The Kier molecular flexibility index (Phi) is 4.39. The van der Waals surface area contributed by atoms with Crippen molar-refractivity contribution in [3.05, 3.63) is 42.0 Å². The zero-order chi connectivity index (χ0) is 12.0. The number of nitrogens with one attached hydrogen (secondary N) is 1. The zero-order valence-electron chi connectivity index (χ0n) is 8.88. The topological polar surface area (TPSA) is 63.2 Å². The lowest BCUT2D eigenvalue weighted by molar-refractivity contribution is -0.104. The molecule has 16 heavy (non-hydrogen) atoms. The van der Waals surface area contributed by atoms with Crippen molar-refractivity contribution >= 4 is 16.3 Å². The highest BCUT2D eigenvalue weighted by Gasteiger charge is 2.11. The quantitative estimate of drug-likeness (QED) is 0.616. The van der Waals surface area contributed by atoms with Gasteiger partial charge in [-0.15, -0.1) is 0 Å². The Morgan fingerprint density at radius 2 is 1.88 bits per heavy atom. The molecule has 4 nitrogen and oxygen atoms in total. The predicted molar refractivity (Wildman–Crippen MR) is 61.6 cm³/mol. The second kappa shape index (κ2) is 5.58. The smallest absolute Gasteiger partial charge is 0.240 e. The molecule has 0 unspecified atom stereocenters. The number of benzene rings is 1. The van der Waals surface area contributed by atoms with Gasteiger partial charge in [0.05, 0.1) is 4.90 Å². The lowest BCUT2D eigenvalue weighted by Gasteiger charge is -2.04. The molecular formula is C11H13NO3S. The molecule has 0 saturated carbocycles. The first-order chi connectivity index (χ1) is 7.56. The van der Waals surface area contributed by atoms with E-state index in [1.54, 1.807) is 24.3 Å². The number of hydrogen-bond donors (Lipinski definition) is 1. The van der Waals surface area contributed by atoms with Gasteiger partial charge >= 0.3 is 0 Å². The van der Waals surface area contributed by atoms with Crippen LogP contribution < -0.4 is 4.72 Å². The zero-order valence-corrected chi connectivity index (χ0v) is 9.70. The molecule has 0 aromatic heterocycles. The fourth-order valence-corrected chi connectivity index (χ4v) is 2.06. The normalized spacial score (nSPS) is 11.8. The fraction of sp³-hybridized carbons (Fsp3) is 0.182. The minimum atomic E-state index is -3.47. The van der Waals surface area contributed by atoms with Crippen molar-refractivity contribution in [2.45, 2.75) is 11.8 Å². The van der Waals surface area contributed by atoms with Crippen LogP contribution in [0.5, 0.6) is 0 Å². The van der Waals surface area contributed by atoms with Crippen molar-refractivity contribution in [1.29, 1.82) is 0 Å². The van der Waals surface area contributed by atoms with E-state index >= 15 is 0 Å². The Morgan fingerprint density at radius 1 is 1.25 bits per heavy atom. The van der Waals surface area contributed by atoms with Gasteiger partial charge in [-0.05, 0) is 25.1 Å². The van der Waals surface area contributed by atoms with Gasteiger partial charge in [0.1, 0.15) is 6.29 Å². The Morgan fingerprint density at radius 3 is 2.44 bits per heavy atom. The molecule has 0 amide bonds. The minimum Gasteiger partial charge on any atom is -0.299 e. The van der Waals surface area contributed by atoms with Crippen LogP contribution in [-0.2, 0) is 14.8 Å². The van der Waals surface area contributed by atoms with Crippen LogP contribution in [0.1, 0.15) is 5.56 Å². The molecule has 0 aliphatic carbocycles. The third-order valence-electron chi connectivity index (χ3n) is 1.94. The maximum Gasteiger partial charge on any atom is 0.240 e. The number of carbonyl (C=O) groups excluding carboxylic acids is 1. The average molecular weight is 239 g/mol. The first-order valence-electron chi connectivity index (χ1n) is 4.73. The van der Waals surface area contributed by atoms with E-state index in [2.05, 4.69) is 4.72 Å². The SMILES string of the molecule is Cc1ccc(S(=O)(=O)NC/C=C/C=O)cc1. The van der Waals surface area contributed by atoms with E-state index in [0.29, 0.717) is 6.29 Å². The summed E-state index contributed by atoms with van der Waals surface area (Å²) in [7, 11) is -3.47.